The van der Waals surface area contributed by atoms with Crippen molar-refractivity contribution in [2.45, 2.75) is 20.4 Å². The molecule has 3 nitrogen and oxygen atoms in total. The molecule has 0 amide bonds. The molecular weight excluding hydrogens is 253 g/mol. The van der Waals surface area contributed by atoms with Crippen molar-refractivity contribution in [2.75, 3.05) is 32.7 Å². The third kappa shape index (κ3) is 3.58. The van der Waals surface area contributed by atoms with Crippen molar-refractivity contribution in [2.24, 2.45) is 0 Å². The molecule has 110 valence electrons. The van der Waals surface area contributed by atoms with Crippen LogP contribution in [-0.4, -0.2) is 42.2 Å². The SMILES string of the molecule is CCN(CC)CCNCCn1ccc2c(F)cccc21. The van der Waals surface area contributed by atoms with Crippen LogP contribution >= 0.6 is 0 Å². The van der Waals surface area contributed by atoms with Crippen LogP contribution in [0.5, 0.6) is 0 Å². The van der Waals surface area contributed by atoms with E-state index in [-0.39, 0.29) is 5.82 Å². The Kier molecular flexibility index (Phi) is 5.56. The van der Waals surface area contributed by atoms with E-state index in [0.717, 1.165) is 44.8 Å². The summed E-state index contributed by atoms with van der Waals surface area (Å²) in [6.45, 7) is 10.4. The van der Waals surface area contributed by atoms with Crippen LogP contribution in [-0.2, 0) is 6.54 Å². The molecule has 2 rings (SSSR count). The Morgan fingerprint density at radius 3 is 2.70 bits per heavy atom. The minimum atomic E-state index is -0.143. The van der Waals surface area contributed by atoms with E-state index in [9.17, 15) is 4.39 Å². The van der Waals surface area contributed by atoms with Crippen LogP contribution in [0, 0.1) is 5.82 Å². The maximum absolute atomic E-state index is 13.6. The molecule has 0 saturated heterocycles. The van der Waals surface area contributed by atoms with E-state index < -0.39 is 0 Å². The Morgan fingerprint density at radius 1 is 1.15 bits per heavy atom. The third-order valence-corrected chi connectivity index (χ3v) is 3.79. The number of likely N-dealkylation sites (N-methyl/N-ethyl adjacent to an activating group) is 1. The van der Waals surface area contributed by atoms with E-state index in [4.69, 9.17) is 0 Å². The summed E-state index contributed by atoms with van der Waals surface area (Å²) in [4.78, 5) is 2.40. The van der Waals surface area contributed by atoms with Crippen LogP contribution in [0.2, 0.25) is 0 Å². The Bertz CT molecular complexity index is 532. The van der Waals surface area contributed by atoms with Gasteiger partial charge in [-0.15, -0.1) is 0 Å². The van der Waals surface area contributed by atoms with Gasteiger partial charge in [-0.25, -0.2) is 4.39 Å². The molecule has 0 spiro atoms. The average molecular weight is 277 g/mol. The average Bonchev–Trinajstić information content (AvgIpc) is 2.88. The van der Waals surface area contributed by atoms with Crippen molar-refractivity contribution in [1.29, 1.82) is 0 Å². The highest BCUT2D eigenvalue weighted by Crippen LogP contribution is 2.18. The van der Waals surface area contributed by atoms with Crippen LogP contribution in [0.1, 0.15) is 13.8 Å². The van der Waals surface area contributed by atoms with Gasteiger partial charge in [-0.3, -0.25) is 0 Å². The van der Waals surface area contributed by atoms with Gasteiger partial charge in [-0.1, -0.05) is 19.9 Å². The zero-order valence-electron chi connectivity index (χ0n) is 12.4. The minimum absolute atomic E-state index is 0.143. The van der Waals surface area contributed by atoms with Crippen LogP contribution in [0.25, 0.3) is 10.9 Å². The predicted octanol–water partition coefficient (Wildman–Crippen LogP) is 2.71. The monoisotopic (exact) mass is 277 g/mol. The van der Waals surface area contributed by atoms with E-state index in [0.29, 0.717) is 5.39 Å². The number of halogens is 1. The quantitative estimate of drug-likeness (QED) is 0.749. The molecule has 1 N–H and O–H groups in total. The first kappa shape index (κ1) is 15.0. The van der Waals surface area contributed by atoms with Gasteiger partial charge in [0.15, 0.2) is 0 Å². The summed E-state index contributed by atoms with van der Waals surface area (Å²) in [6, 6.07) is 7.09. The van der Waals surface area contributed by atoms with E-state index in [1.165, 1.54) is 6.07 Å². The maximum Gasteiger partial charge on any atom is 0.132 e. The number of rotatable bonds is 8. The molecular formula is C16H24FN3. The summed E-state index contributed by atoms with van der Waals surface area (Å²) in [5, 5.41) is 4.15. The molecule has 0 fully saturated rings. The second-order valence-electron chi connectivity index (χ2n) is 4.96. The summed E-state index contributed by atoms with van der Waals surface area (Å²) in [5.41, 5.74) is 0.968. The van der Waals surface area contributed by atoms with Crippen LogP contribution in [0.15, 0.2) is 30.5 Å². The third-order valence-electron chi connectivity index (χ3n) is 3.79. The molecule has 0 unspecified atom stereocenters. The Labute approximate surface area is 120 Å². The molecule has 1 aromatic heterocycles. The highest BCUT2D eigenvalue weighted by molar-refractivity contribution is 5.80. The lowest BCUT2D eigenvalue weighted by molar-refractivity contribution is 0.302. The van der Waals surface area contributed by atoms with E-state index in [1.54, 1.807) is 6.07 Å². The number of nitrogens with zero attached hydrogens (tertiary/aromatic N) is 2. The fourth-order valence-electron chi connectivity index (χ4n) is 2.48. The number of hydrogen-bond donors (Lipinski definition) is 1. The number of benzene rings is 1. The summed E-state index contributed by atoms with van der Waals surface area (Å²) < 4.78 is 15.7. The summed E-state index contributed by atoms with van der Waals surface area (Å²) in [7, 11) is 0. The summed E-state index contributed by atoms with van der Waals surface area (Å²) in [5.74, 6) is -0.143. The van der Waals surface area contributed by atoms with Crippen LogP contribution in [0.3, 0.4) is 0 Å². The number of aromatic nitrogens is 1. The lowest BCUT2D eigenvalue weighted by Gasteiger charge is -2.18. The Hall–Kier alpha value is -1.39. The molecule has 0 atom stereocenters. The number of hydrogen-bond acceptors (Lipinski definition) is 2. The van der Waals surface area contributed by atoms with Gasteiger partial charge in [-0.05, 0) is 31.3 Å². The van der Waals surface area contributed by atoms with Gasteiger partial charge in [0.25, 0.3) is 0 Å². The summed E-state index contributed by atoms with van der Waals surface area (Å²) in [6.07, 6.45) is 1.96. The molecule has 0 aliphatic rings. The van der Waals surface area contributed by atoms with E-state index in [1.807, 2.05) is 18.3 Å². The second kappa shape index (κ2) is 7.41. The molecule has 0 saturated carbocycles. The highest BCUT2D eigenvalue weighted by atomic mass is 19.1. The molecule has 2 aromatic rings. The highest BCUT2D eigenvalue weighted by Gasteiger charge is 2.04. The molecule has 0 bridgehead atoms. The van der Waals surface area contributed by atoms with Gasteiger partial charge in [0, 0.05) is 37.8 Å². The zero-order valence-corrected chi connectivity index (χ0v) is 12.4. The van der Waals surface area contributed by atoms with Crippen molar-refractivity contribution in [3.63, 3.8) is 0 Å². The second-order valence-corrected chi connectivity index (χ2v) is 4.96. The van der Waals surface area contributed by atoms with Crippen molar-refractivity contribution >= 4 is 10.9 Å². The van der Waals surface area contributed by atoms with Gasteiger partial charge in [0.1, 0.15) is 5.82 Å². The Morgan fingerprint density at radius 2 is 1.95 bits per heavy atom. The first-order valence-corrected chi connectivity index (χ1v) is 7.42. The maximum atomic E-state index is 13.6. The van der Waals surface area contributed by atoms with Crippen LogP contribution < -0.4 is 5.32 Å². The van der Waals surface area contributed by atoms with Gasteiger partial charge < -0.3 is 14.8 Å². The summed E-state index contributed by atoms with van der Waals surface area (Å²) >= 11 is 0. The van der Waals surface area contributed by atoms with Gasteiger partial charge >= 0.3 is 0 Å². The predicted molar refractivity (Wildman–Crippen MR) is 82.6 cm³/mol. The van der Waals surface area contributed by atoms with E-state index in [2.05, 4.69) is 28.6 Å². The van der Waals surface area contributed by atoms with Gasteiger partial charge in [0.2, 0.25) is 0 Å². The number of nitrogens with one attached hydrogen (secondary N) is 1. The zero-order chi connectivity index (χ0) is 14.4. The largest absolute Gasteiger partial charge is 0.346 e. The van der Waals surface area contributed by atoms with Gasteiger partial charge in [-0.2, -0.15) is 0 Å². The fraction of sp³-hybridized carbons (Fsp3) is 0.500. The molecule has 20 heavy (non-hydrogen) atoms. The fourth-order valence-corrected chi connectivity index (χ4v) is 2.48. The standard InChI is InChI=1S/C16H24FN3/c1-3-19(4-2)12-9-18-10-13-20-11-8-14-15(17)6-5-7-16(14)20/h5-8,11,18H,3-4,9-10,12-13H2,1-2H3. The smallest absolute Gasteiger partial charge is 0.132 e. The lowest BCUT2D eigenvalue weighted by atomic mass is 10.2. The molecule has 4 heteroatoms. The molecule has 0 aliphatic carbocycles. The first-order chi connectivity index (χ1) is 9.76. The van der Waals surface area contributed by atoms with E-state index >= 15 is 0 Å². The first-order valence-electron chi connectivity index (χ1n) is 7.42. The van der Waals surface area contributed by atoms with Crippen molar-refractivity contribution in [1.82, 2.24) is 14.8 Å². The minimum Gasteiger partial charge on any atom is -0.346 e. The lowest BCUT2D eigenvalue weighted by Crippen LogP contribution is -2.33. The molecule has 0 aliphatic heterocycles. The van der Waals surface area contributed by atoms with Crippen molar-refractivity contribution < 1.29 is 4.39 Å². The van der Waals surface area contributed by atoms with Crippen molar-refractivity contribution in [3.05, 3.63) is 36.3 Å². The number of fused-ring (bicyclic) bond motifs is 1. The Balaban J connectivity index is 1.80. The van der Waals surface area contributed by atoms with Crippen LogP contribution in [0.4, 0.5) is 4.39 Å². The van der Waals surface area contributed by atoms with Crippen molar-refractivity contribution in [3.8, 4) is 0 Å². The molecule has 1 heterocycles. The molecule has 0 radical (unpaired) electrons. The topological polar surface area (TPSA) is 20.2 Å². The normalized spacial score (nSPS) is 11.6. The molecule has 1 aromatic carbocycles. The van der Waals surface area contributed by atoms with Gasteiger partial charge in [0.05, 0.1) is 5.52 Å².